The first-order valence-corrected chi connectivity index (χ1v) is 11.1. The van der Waals surface area contributed by atoms with Gasteiger partial charge in [0.25, 0.3) is 0 Å². The molecule has 5 N–H and O–H groups in total. The number of pyridine rings is 1. The van der Waals surface area contributed by atoms with Crippen LogP contribution in [0.15, 0.2) is 59.9 Å². The van der Waals surface area contributed by atoms with Gasteiger partial charge >= 0.3 is 5.97 Å². The smallest absolute Gasteiger partial charge is 0.311 e. The molecule has 0 fully saturated rings. The van der Waals surface area contributed by atoms with Crippen LogP contribution in [-0.2, 0) is 11.2 Å². The van der Waals surface area contributed by atoms with Gasteiger partial charge < -0.3 is 21.4 Å². The number of oxime groups is 1. The molecule has 2 aromatic carbocycles. The number of nitrogens with one attached hydrogen (secondary N) is 1. The van der Waals surface area contributed by atoms with E-state index in [1.807, 2.05) is 32.0 Å². The van der Waals surface area contributed by atoms with Crippen LogP contribution in [0.4, 0.5) is 14.6 Å². The Morgan fingerprint density at radius 2 is 1.80 bits per heavy atom. The molecule has 0 aliphatic rings. The van der Waals surface area contributed by atoms with Gasteiger partial charge in [-0.2, -0.15) is 0 Å². The lowest BCUT2D eigenvalue weighted by Gasteiger charge is -2.14. The van der Waals surface area contributed by atoms with Gasteiger partial charge in [0.2, 0.25) is 0 Å². The maximum atomic E-state index is 13.3. The van der Waals surface area contributed by atoms with Gasteiger partial charge in [-0.1, -0.05) is 30.3 Å². The largest absolute Gasteiger partial charge is 0.481 e. The number of aryl methyl sites for hydroxylation is 2. The Morgan fingerprint density at radius 3 is 2.37 bits per heavy atom. The van der Waals surface area contributed by atoms with Crippen molar-refractivity contribution in [2.45, 2.75) is 39.5 Å². The highest BCUT2D eigenvalue weighted by atomic mass is 19.1. The zero-order chi connectivity index (χ0) is 26.0. The highest BCUT2D eigenvalue weighted by Gasteiger charge is 2.22. The molecule has 9 heteroatoms. The van der Waals surface area contributed by atoms with Crippen molar-refractivity contribution in [3.63, 3.8) is 0 Å². The monoisotopic (exact) mass is 484 g/mol. The van der Waals surface area contributed by atoms with Crippen LogP contribution in [0.1, 0.15) is 47.1 Å². The van der Waals surface area contributed by atoms with Crippen molar-refractivity contribution in [2.75, 3.05) is 11.9 Å². The molecule has 0 radical (unpaired) electrons. The van der Waals surface area contributed by atoms with Gasteiger partial charge in [0.05, 0.1) is 11.5 Å². The molecule has 3 rings (SSSR count). The number of hydrogen-bond donors (Lipinski definition) is 4. The maximum Gasteiger partial charge on any atom is 0.311 e. The molecule has 3 aromatic rings. The van der Waals surface area contributed by atoms with E-state index in [0.29, 0.717) is 11.4 Å². The first-order valence-electron chi connectivity index (χ1n) is 11.1. The van der Waals surface area contributed by atoms with Gasteiger partial charge in [-0.15, -0.1) is 0 Å². The number of anilines is 1. The molecule has 0 aliphatic carbocycles. The Kier molecular flexibility index (Phi) is 10.1. The van der Waals surface area contributed by atoms with Crippen molar-refractivity contribution in [2.24, 2.45) is 10.9 Å². The molecule has 0 aliphatic heterocycles. The molecule has 35 heavy (non-hydrogen) atoms. The number of carboxylic acids is 1. The summed E-state index contributed by atoms with van der Waals surface area (Å²) in [7, 11) is 0. The average Bonchev–Trinajstić information content (AvgIpc) is 2.82. The van der Waals surface area contributed by atoms with Crippen LogP contribution in [0, 0.1) is 25.5 Å². The molecule has 0 saturated carbocycles. The number of nitrogens with two attached hydrogens (primary N) is 1. The third kappa shape index (κ3) is 8.06. The average molecular weight is 485 g/mol. The summed E-state index contributed by atoms with van der Waals surface area (Å²) in [6.07, 6.45) is 2.84. The Labute approximate surface area is 203 Å². The van der Waals surface area contributed by atoms with Gasteiger partial charge in [-0.3, -0.25) is 4.79 Å². The molecule has 1 atom stereocenters. The molecule has 186 valence electrons. The number of aromatic nitrogens is 1. The van der Waals surface area contributed by atoms with Gasteiger partial charge in [-0.25, -0.2) is 13.8 Å². The molecule has 0 amide bonds. The van der Waals surface area contributed by atoms with Crippen LogP contribution >= 0.6 is 0 Å². The number of carboxylic acid groups (broad SMARTS) is 1. The highest BCUT2D eigenvalue weighted by molar-refractivity contribution is 6.01. The minimum Gasteiger partial charge on any atom is -0.481 e. The molecule has 7 nitrogen and oxygen atoms in total. The summed E-state index contributed by atoms with van der Waals surface area (Å²) in [6.45, 7) is 6.77. The van der Waals surface area contributed by atoms with E-state index >= 15 is 0 Å². The predicted octanol–water partition coefficient (Wildman–Crippen LogP) is 4.99. The lowest BCUT2D eigenvalue weighted by molar-refractivity contribution is -0.138. The lowest BCUT2D eigenvalue weighted by atomic mass is 9.91. The maximum absolute atomic E-state index is 13.3. The molecule has 0 saturated heterocycles. The lowest BCUT2D eigenvalue weighted by Crippen LogP contribution is -2.17. The first-order chi connectivity index (χ1) is 16.7. The van der Waals surface area contributed by atoms with Crippen molar-refractivity contribution in [1.82, 2.24) is 4.98 Å². The Morgan fingerprint density at radius 1 is 1.11 bits per heavy atom. The van der Waals surface area contributed by atoms with E-state index in [-0.39, 0.29) is 17.8 Å². The van der Waals surface area contributed by atoms with Crippen molar-refractivity contribution in [1.29, 1.82) is 0 Å². The van der Waals surface area contributed by atoms with Gasteiger partial charge in [0.15, 0.2) is 5.84 Å². The molecular weight excluding hydrogens is 454 g/mol. The van der Waals surface area contributed by atoms with Crippen molar-refractivity contribution >= 4 is 17.6 Å². The van der Waals surface area contributed by atoms with Crippen LogP contribution < -0.4 is 11.1 Å². The topological polar surface area (TPSA) is 121 Å². The van der Waals surface area contributed by atoms with Crippen LogP contribution in [-0.4, -0.2) is 33.6 Å². The van der Waals surface area contributed by atoms with Crippen molar-refractivity contribution in [3.05, 3.63) is 94.2 Å². The van der Waals surface area contributed by atoms with Crippen LogP contribution in [0.5, 0.6) is 0 Å². The fourth-order valence-corrected chi connectivity index (χ4v) is 3.34. The first kappa shape index (κ1) is 27.2. The quantitative estimate of drug-likeness (QED) is 0.155. The minimum atomic E-state index is -1.10. The summed E-state index contributed by atoms with van der Waals surface area (Å²) in [6, 6.07) is 12.0. The molecule has 0 bridgehead atoms. The number of rotatable bonds is 8. The van der Waals surface area contributed by atoms with E-state index in [1.165, 1.54) is 0 Å². The van der Waals surface area contributed by atoms with E-state index < -0.39 is 23.5 Å². The predicted molar refractivity (Wildman–Crippen MR) is 132 cm³/mol. The van der Waals surface area contributed by atoms with E-state index in [0.717, 1.165) is 47.9 Å². The summed E-state index contributed by atoms with van der Waals surface area (Å²) in [5.74, 6) is -2.90. The molecule has 1 aromatic heterocycles. The van der Waals surface area contributed by atoms with Gasteiger partial charge in [0, 0.05) is 18.8 Å². The zero-order valence-electron chi connectivity index (χ0n) is 19.9. The number of nitrogens with zero attached hydrogens (tertiary/aromatic N) is 2. The number of aliphatic carboxylic acids is 1. The molecule has 1 unspecified atom stereocenters. The third-order valence-corrected chi connectivity index (χ3v) is 5.33. The van der Waals surface area contributed by atoms with E-state index in [4.69, 9.17) is 10.9 Å². The second-order valence-corrected chi connectivity index (χ2v) is 8.03. The third-order valence-electron chi connectivity index (χ3n) is 5.33. The van der Waals surface area contributed by atoms with Crippen LogP contribution in [0.25, 0.3) is 0 Å². The number of benzene rings is 2. The van der Waals surface area contributed by atoms with Crippen molar-refractivity contribution < 1.29 is 23.9 Å². The zero-order valence-corrected chi connectivity index (χ0v) is 19.9. The number of amidine groups is 1. The highest BCUT2D eigenvalue weighted by Crippen LogP contribution is 2.24. The fourth-order valence-electron chi connectivity index (χ4n) is 3.34. The standard InChI is InChI=1S/C17H16F2O2.C9H14N4O/c1-10-3-4-12(5-11(10)2)6-16(17(20)21)13-7-14(18)9-15(19)8-13;1-2-5-11-9-7(8(10)13-14)4-3-6-12-9/h3-5,7-9,16H,6H2,1-2H3,(H,20,21);3-4,6,14H,2,5H2,1H3,(H2,10,13)(H,11,12). The molecule has 1 heterocycles. The second kappa shape index (κ2) is 13.0. The van der Waals surface area contributed by atoms with Crippen LogP contribution in [0.3, 0.4) is 0 Å². The fraction of sp³-hybridized carbons (Fsp3) is 0.269. The number of halogens is 2. The Hall–Kier alpha value is -4.01. The second-order valence-electron chi connectivity index (χ2n) is 8.03. The van der Waals surface area contributed by atoms with Gasteiger partial charge in [-0.05, 0) is 73.2 Å². The van der Waals surface area contributed by atoms with E-state index in [2.05, 4.69) is 22.4 Å². The summed E-state index contributed by atoms with van der Waals surface area (Å²) >= 11 is 0. The van der Waals surface area contributed by atoms with Crippen LogP contribution in [0.2, 0.25) is 0 Å². The van der Waals surface area contributed by atoms with E-state index in [9.17, 15) is 18.7 Å². The summed E-state index contributed by atoms with van der Waals surface area (Å²) < 4.78 is 26.5. The Balaban J connectivity index is 0.000000269. The van der Waals surface area contributed by atoms with Crippen molar-refractivity contribution in [3.8, 4) is 0 Å². The minimum absolute atomic E-state index is 0.0664. The molecule has 0 spiro atoms. The summed E-state index contributed by atoms with van der Waals surface area (Å²) in [5, 5.41) is 23.9. The normalized spacial score (nSPS) is 11.9. The molecular formula is C26H30F2N4O3. The SMILES string of the molecule is CCCNc1ncccc1C(N)=NO.Cc1ccc(CC(C(=O)O)c2cc(F)cc(F)c2)cc1C. The van der Waals surface area contributed by atoms with E-state index in [1.54, 1.807) is 18.3 Å². The Bertz CT molecular complexity index is 1160. The number of hydrogen-bond acceptors (Lipinski definition) is 5. The number of carbonyl (C=O) groups is 1. The van der Waals surface area contributed by atoms with Gasteiger partial charge in [0.1, 0.15) is 17.5 Å². The summed E-state index contributed by atoms with van der Waals surface area (Å²) in [4.78, 5) is 15.5. The summed E-state index contributed by atoms with van der Waals surface area (Å²) in [5.41, 5.74) is 9.24.